The number of nitrogens with one attached hydrogen (secondary N) is 1. The molecule has 0 fully saturated rings. The van der Waals surface area contributed by atoms with Crippen LogP contribution in [0.15, 0.2) is 29.7 Å². The number of hydrogen-bond acceptors (Lipinski definition) is 4. The van der Waals surface area contributed by atoms with Crippen LogP contribution in [0.5, 0.6) is 5.75 Å². The summed E-state index contributed by atoms with van der Waals surface area (Å²) in [5.41, 5.74) is 2.19. The zero-order valence-electron chi connectivity index (χ0n) is 11.4. The van der Waals surface area contributed by atoms with Crippen molar-refractivity contribution in [3.8, 4) is 5.75 Å². The molecule has 1 aliphatic heterocycles. The number of hydrogen-bond donors (Lipinski definition) is 1. The van der Waals surface area contributed by atoms with Crippen molar-refractivity contribution in [2.24, 2.45) is 0 Å². The van der Waals surface area contributed by atoms with Crippen molar-refractivity contribution in [2.75, 3.05) is 12.9 Å². The van der Waals surface area contributed by atoms with E-state index in [1.807, 2.05) is 26.0 Å². The van der Waals surface area contributed by atoms with E-state index in [0.29, 0.717) is 0 Å². The number of methoxy groups -OCH3 is 1. The molecule has 2 atom stereocenters. The van der Waals surface area contributed by atoms with E-state index >= 15 is 0 Å². The van der Waals surface area contributed by atoms with Gasteiger partial charge in [-0.15, -0.1) is 0 Å². The third-order valence-electron chi connectivity index (χ3n) is 3.25. The van der Waals surface area contributed by atoms with Crippen LogP contribution in [0, 0.1) is 6.92 Å². The van der Waals surface area contributed by atoms with Gasteiger partial charge in [0, 0.05) is 23.1 Å². The van der Waals surface area contributed by atoms with Gasteiger partial charge in [-0.3, -0.25) is 0 Å². The Hall–Kier alpha value is -1.33. The number of aryl methyl sites for hydroxylation is 1. The normalized spacial score (nSPS) is 22.4. The van der Waals surface area contributed by atoms with Gasteiger partial charge in [-0.1, -0.05) is 23.8 Å². The van der Waals surface area contributed by atoms with Crippen LogP contribution >= 0.6 is 0 Å². The molecule has 0 saturated heterocycles. The topological polar surface area (TPSA) is 55.4 Å². The second-order valence-corrected chi connectivity index (χ2v) is 6.83. The van der Waals surface area contributed by atoms with Gasteiger partial charge in [0.2, 0.25) is 0 Å². The summed E-state index contributed by atoms with van der Waals surface area (Å²) in [7, 11) is -1.38. The molecule has 1 heterocycles. The fourth-order valence-electron chi connectivity index (χ4n) is 2.28. The maximum atomic E-state index is 11.4. The van der Waals surface area contributed by atoms with Crippen molar-refractivity contribution in [3.05, 3.63) is 40.8 Å². The SMILES string of the molecule is COc1ccc(C)cc1C(C)NC1C=CS(=O)(=O)C1. The number of rotatable bonds is 4. The smallest absolute Gasteiger partial charge is 0.173 e. The molecule has 5 heteroatoms. The molecule has 2 rings (SSSR count). The Morgan fingerprint density at radius 1 is 1.42 bits per heavy atom. The van der Waals surface area contributed by atoms with E-state index in [4.69, 9.17) is 4.74 Å². The summed E-state index contributed by atoms with van der Waals surface area (Å²) >= 11 is 0. The molecule has 0 saturated carbocycles. The fourth-order valence-corrected chi connectivity index (χ4v) is 3.53. The van der Waals surface area contributed by atoms with Gasteiger partial charge in [0.1, 0.15) is 5.75 Å². The molecule has 1 N–H and O–H groups in total. The highest BCUT2D eigenvalue weighted by atomic mass is 32.2. The molecular formula is C14H19NO3S. The molecule has 4 nitrogen and oxygen atoms in total. The van der Waals surface area contributed by atoms with Gasteiger partial charge in [0.15, 0.2) is 9.84 Å². The second kappa shape index (κ2) is 5.35. The highest BCUT2D eigenvalue weighted by Gasteiger charge is 2.24. The Morgan fingerprint density at radius 2 is 2.16 bits per heavy atom. The van der Waals surface area contributed by atoms with Gasteiger partial charge in [-0.2, -0.15) is 0 Å². The lowest BCUT2D eigenvalue weighted by Crippen LogP contribution is -2.32. The van der Waals surface area contributed by atoms with E-state index in [2.05, 4.69) is 11.4 Å². The molecule has 2 unspecified atom stereocenters. The maximum absolute atomic E-state index is 11.4. The molecule has 0 radical (unpaired) electrons. The summed E-state index contributed by atoms with van der Waals surface area (Å²) in [6.45, 7) is 4.03. The van der Waals surface area contributed by atoms with E-state index in [1.165, 1.54) is 5.41 Å². The Bertz CT molecular complexity index is 593. The quantitative estimate of drug-likeness (QED) is 0.916. The minimum atomic E-state index is -3.02. The molecule has 0 aromatic heterocycles. The first-order chi connectivity index (χ1) is 8.91. The lowest BCUT2D eigenvalue weighted by Gasteiger charge is -2.20. The standard InChI is InChI=1S/C14H19NO3S/c1-10-4-5-14(18-3)13(8-10)11(2)15-12-6-7-19(16,17)9-12/h4-8,11-12,15H,9H2,1-3H3. The van der Waals surface area contributed by atoms with E-state index in [-0.39, 0.29) is 17.8 Å². The van der Waals surface area contributed by atoms with Crippen molar-refractivity contribution < 1.29 is 13.2 Å². The lowest BCUT2D eigenvalue weighted by molar-refractivity contribution is 0.400. The summed E-state index contributed by atoms with van der Waals surface area (Å²) in [5.74, 6) is 0.946. The van der Waals surface area contributed by atoms with Crippen LogP contribution < -0.4 is 10.1 Å². The van der Waals surface area contributed by atoms with Crippen molar-refractivity contribution in [3.63, 3.8) is 0 Å². The van der Waals surface area contributed by atoms with Gasteiger partial charge in [-0.05, 0) is 19.9 Å². The first-order valence-corrected chi connectivity index (χ1v) is 7.94. The van der Waals surface area contributed by atoms with Crippen molar-refractivity contribution in [1.82, 2.24) is 5.32 Å². The summed E-state index contributed by atoms with van der Waals surface area (Å²) in [6.07, 6.45) is 1.70. The molecule has 0 aliphatic carbocycles. The summed E-state index contributed by atoms with van der Waals surface area (Å²) in [6, 6.07) is 5.88. The van der Waals surface area contributed by atoms with Crippen molar-refractivity contribution in [1.29, 1.82) is 0 Å². The first kappa shape index (κ1) is 14.1. The second-order valence-electron chi connectivity index (χ2n) is 4.90. The van der Waals surface area contributed by atoms with Crippen molar-refractivity contribution >= 4 is 9.84 Å². The van der Waals surface area contributed by atoms with Gasteiger partial charge in [0.05, 0.1) is 12.9 Å². The van der Waals surface area contributed by atoms with Gasteiger partial charge in [-0.25, -0.2) is 8.42 Å². The molecular weight excluding hydrogens is 262 g/mol. The third kappa shape index (κ3) is 3.36. The Balaban J connectivity index is 2.14. The average Bonchev–Trinajstić information content (AvgIpc) is 2.68. The lowest BCUT2D eigenvalue weighted by atomic mass is 10.0. The van der Waals surface area contributed by atoms with Crippen LogP contribution in [-0.4, -0.2) is 27.3 Å². The van der Waals surface area contributed by atoms with Crippen LogP contribution in [-0.2, 0) is 9.84 Å². The molecule has 1 aromatic carbocycles. The van der Waals surface area contributed by atoms with E-state index in [9.17, 15) is 8.42 Å². The highest BCUT2D eigenvalue weighted by molar-refractivity contribution is 7.94. The van der Waals surface area contributed by atoms with E-state index in [0.717, 1.165) is 16.9 Å². The molecule has 0 bridgehead atoms. The Kier molecular flexibility index (Phi) is 3.96. The number of sulfone groups is 1. The fraction of sp³-hybridized carbons (Fsp3) is 0.429. The Labute approximate surface area is 114 Å². The minimum Gasteiger partial charge on any atom is -0.496 e. The van der Waals surface area contributed by atoms with Crippen LogP contribution in [0.1, 0.15) is 24.1 Å². The molecule has 104 valence electrons. The summed E-state index contributed by atoms with van der Waals surface area (Å²) < 4.78 is 28.1. The minimum absolute atomic E-state index is 0.0257. The van der Waals surface area contributed by atoms with E-state index in [1.54, 1.807) is 13.2 Å². The van der Waals surface area contributed by atoms with Gasteiger partial charge in [0.25, 0.3) is 0 Å². The van der Waals surface area contributed by atoms with Crippen LogP contribution in [0.2, 0.25) is 0 Å². The average molecular weight is 281 g/mol. The predicted molar refractivity (Wildman–Crippen MR) is 76.0 cm³/mol. The molecule has 1 aromatic rings. The van der Waals surface area contributed by atoms with Crippen LogP contribution in [0.4, 0.5) is 0 Å². The summed E-state index contributed by atoms with van der Waals surface area (Å²) in [4.78, 5) is 0. The highest BCUT2D eigenvalue weighted by Crippen LogP contribution is 2.27. The van der Waals surface area contributed by atoms with Crippen molar-refractivity contribution in [2.45, 2.75) is 25.9 Å². The number of benzene rings is 1. The molecule has 0 amide bonds. The summed E-state index contributed by atoms with van der Waals surface area (Å²) in [5, 5.41) is 4.59. The Morgan fingerprint density at radius 3 is 2.74 bits per heavy atom. The molecule has 0 spiro atoms. The van der Waals surface area contributed by atoms with Crippen LogP contribution in [0.25, 0.3) is 0 Å². The third-order valence-corrected chi connectivity index (χ3v) is 4.64. The predicted octanol–water partition coefficient (Wildman–Crippen LogP) is 1.96. The maximum Gasteiger partial charge on any atom is 0.173 e. The largest absolute Gasteiger partial charge is 0.496 e. The molecule has 19 heavy (non-hydrogen) atoms. The zero-order chi connectivity index (χ0) is 14.0. The van der Waals surface area contributed by atoms with E-state index < -0.39 is 9.84 Å². The van der Waals surface area contributed by atoms with Gasteiger partial charge >= 0.3 is 0 Å². The molecule has 1 aliphatic rings. The monoisotopic (exact) mass is 281 g/mol. The first-order valence-electron chi connectivity index (χ1n) is 6.23. The zero-order valence-corrected chi connectivity index (χ0v) is 12.2. The van der Waals surface area contributed by atoms with Gasteiger partial charge < -0.3 is 10.1 Å². The van der Waals surface area contributed by atoms with Crippen LogP contribution in [0.3, 0.4) is 0 Å². The number of ether oxygens (including phenoxy) is 1.